The van der Waals surface area contributed by atoms with Crippen molar-refractivity contribution in [2.24, 2.45) is 0 Å². The molecule has 3 rings (SSSR count). The molecule has 0 unspecified atom stereocenters. The SMILES string of the molecule is Cc1cc([N+](=O)[O-])ccc1Oc1nc(N)nc2sccc12. The van der Waals surface area contributed by atoms with E-state index in [4.69, 9.17) is 10.5 Å². The van der Waals surface area contributed by atoms with Crippen molar-refractivity contribution in [3.63, 3.8) is 0 Å². The second kappa shape index (κ2) is 4.98. The fourth-order valence-corrected chi connectivity index (χ4v) is 2.65. The zero-order valence-corrected chi connectivity index (χ0v) is 11.8. The Morgan fingerprint density at radius 3 is 2.86 bits per heavy atom. The standard InChI is InChI=1S/C13H10N4O3S/c1-7-6-8(17(18)19)2-3-10(7)20-11-9-4-5-21-12(9)16-13(14)15-11/h2-6H,1H3,(H2,14,15,16). The van der Waals surface area contributed by atoms with Crippen LogP contribution in [0.25, 0.3) is 10.2 Å². The second-order valence-corrected chi connectivity index (χ2v) is 5.23. The van der Waals surface area contributed by atoms with Crippen LogP contribution in [0.2, 0.25) is 0 Å². The van der Waals surface area contributed by atoms with Crippen LogP contribution in [0.5, 0.6) is 11.6 Å². The number of rotatable bonds is 3. The van der Waals surface area contributed by atoms with Gasteiger partial charge in [-0.3, -0.25) is 10.1 Å². The van der Waals surface area contributed by atoms with E-state index in [9.17, 15) is 10.1 Å². The van der Waals surface area contributed by atoms with Gasteiger partial charge in [0.1, 0.15) is 10.6 Å². The Labute approximate surface area is 123 Å². The first kappa shape index (κ1) is 13.3. The first-order valence-corrected chi connectivity index (χ1v) is 6.86. The van der Waals surface area contributed by atoms with Gasteiger partial charge in [0.15, 0.2) is 0 Å². The Morgan fingerprint density at radius 2 is 2.14 bits per heavy atom. The van der Waals surface area contributed by atoms with E-state index in [-0.39, 0.29) is 11.6 Å². The molecule has 8 heteroatoms. The van der Waals surface area contributed by atoms with Crippen molar-refractivity contribution >= 4 is 33.2 Å². The number of nitrogens with zero attached hydrogens (tertiary/aromatic N) is 3. The average molecular weight is 302 g/mol. The molecule has 0 aliphatic carbocycles. The van der Waals surface area contributed by atoms with Gasteiger partial charge >= 0.3 is 0 Å². The maximum atomic E-state index is 10.7. The fourth-order valence-electron chi connectivity index (χ4n) is 1.89. The van der Waals surface area contributed by atoms with Gasteiger partial charge in [-0.05, 0) is 30.0 Å². The van der Waals surface area contributed by atoms with E-state index < -0.39 is 4.92 Å². The number of hydrogen-bond donors (Lipinski definition) is 1. The zero-order valence-electron chi connectivity index (χ0n) is 10.9. The highest BCUT2D eigenvalue weighted by atomic mass is 32.1. The molecule has 0 saturated heterocycles. The summed E-state index contributed by atoms with van der Waals surface area (Å²) >= 11 is 1.44. The molecular formula is C13H10N4O3S. The van der Waals surface area contributed by atoms with Crippen molar-refractivity contribution in [1.29, 1.82) is 0 Å². The van der Waals surface area contributed by atoms with Gasteiger partial charge in [-0.25, -0.2) is 4.98 Å². The lowest BCUT2D eigenvalue weighted by molar-refractivity contribution is -0.384. The molecule has 2 N–H and O–H groups in total. The number of benzene rings is 1. The smallest absolute Gasteiger partial charge is 0.269 e. The monoisotopic (exact) mass is 302 g/mol. The molecule has 0 spiro atoms. The highest BCUT2D eigenvalue weighted by molar-refractivity contribution is 7.16. The van der Waals surface area contributed by atoms with Crippen molar-refractivity contribution < 1.29 is 9.66 Å². The molecule has 0 atom stereocenters. The molecule has 1 aromatic carbocycles. The van der Waals surface area contributed by atoms with Crippen LogP contribution in [0.15, 0.2) is 29.6 Å². The van der Waals surface area contributed by atoms with Gasteiger partial charge in [0.05, 0.1) is 10.3 Å². The molecule has 0 amide bonds. The number of nitro groups is 1. The van der Waals surface area contributed by atoms with Crippen molar-refractivity contribution in [3.8, 4) is 11.6 Å². The summed E-state index contributed by atoms with van der Waals surface area (Å²) in [6.07, 6.45) is 0. The number of nitrogen functional groups attached to an aromatic ring is 1. The van der Waals surface area contributed by atoms with E-state index in [0.29, 0.717) is 17.2 Å². The lowest BCUT2D eigenvalue weighted by Gasteiger charge is -2.08. The van der Waals surface area contributed by atoms with Gasteiger partial charge in [-0.1, -0.05) is 0 Å². The predicted octanol–water partition coefficient (Wildman–Crippen LogP) is 3.28. The minimum atomic E-state index is -0.448. The number of nitro benzene ring substituents is 1. The Balaban J connectivity index is 2.02. The van der Waals surface area contributed by atoms with E-state index in [1.165, 1.54) is 23.5 Å². The summed E-state index contributed by atoms with van der Waals surface area (Å²) in [4.78, 5) is 19.2. The van der Waals surface area contributed by atoms with Crippen LogP contribution in [0.3, 0.4) is 0 Å². The Kier molecular flexibility index (Phi) is 3.15. The maximum Gasteiger partial charge on any atom is 0.269 e. The minimum Gasteiger partial charge on any atom is -0.438 e. The third kappa shape index (κ3) is 2.48. The van der Waals surface area contributed by atoms with Gasteiger partial charge in [-0.15, -0.1) is 11.3 Å². The number of thiophene rings is 1. The van der Waals surface area contributed by atoms with Gasteiger partial charge in [0.2, 0.25) is 11.8 Å². The molecule has 2 aromatic heterocycles. The van der Waals surface area contributed by atoms with E-state index in [0.717, 1.165) is 10.2 Å². The molecule has 0 bridgehead atoms. The quantitative estimate of drug-likeness (QED) is 0.588. The molecule has 21 heavy (non-hydrogen) atoms. The summed E-state index contributed by atoms with van der Waals surface area (Å²) in [5.74, 6) is 0.960. The number of aromatic nitrogens is 2. The van der Waals surface area contributed by atoms with Crippen LogP contribution in [0, 0.1) is 17.0 Å². The Bertz CT molecular complexity index is 847. The van der Waals surface area contributed by atoms with Gasteiger partial charge in [0.25, 0.3) is 5.69 Å². The lowest BCUT2D eigenvalue weighted by Crippen LogP contribution is -1.98. The molecule has 7 nitrogen and oxygen atoms in total. The first-order chi connectivity index (χ1) is 10.0. The van der Waals surface area contributed by atoms with Crippen molar-refractivity contribution in [2.45, 2.75) is 6.92 Å². The number of hydrogen-bond acceptors (Lipinski definition) is 7. The number of ether oxygens (including phenoxy) is 1. The summed E-state index contributed by atoms with van der Waals surface area (Å²) in [5.41, 5.74) is 6.31. The lowest BCUT2D eigenvalue weighted by atomic mass is 10.2. The molecule has 2 heterocycles. The van der Waals surface area contributed by atoms with Crippen molar-refractivity contribution in [2.75, 3.05) is 5.73 Å². The summed E-state index contributed by atoms with van der Waals surface area (Å²) in [5, 5.41) is 13.4. The zero-order chi connectivity index (χ0) is 15.0. The fraction of sp³-hybridized carbons (Fsp3) is 0.0769. The van der Waals surface area contributed by atoms with Gasteiger partial charge < -0.3 is 10.5 Å². The Morgan fingerprint density at radius 1 is 1.33 bits per heavy atom. The Hall–Kier alpha value is -2.74. The molecule has 3 aromatic rings. The second-order valence-electron chi connectivity index (χ2n) is 4.34. The highest BCUT2D eigenvalue weighted by Gasteiger charge is 2.13. The molecular weight excluding hydrogens is 292 g/mol. The van der Waals surface area contributed by atoms with E-state index in [1.54, 1.807) is 13.0 Å². The molecule has 0 aliphatic heterocycles. The van der Waals surface area contributed by atoms with E-state index in [2.05, 4.69) is 9.97 Å². The number of fused-ring (bicyclic) bond motifs is 1. The number of aryl methyl sites for hydroxylation is 1. The predicted molar refractivity (Wildman–Crippen MR) is 79.7 cm³/mol. The number of anilines is 1. The summed E-state index contributed by atoms with van der Waals surface area (Å²) in [7, 11) is 0. The van der Waals surface area contributed by atoms with Crippen LogP contribution in [-0.4, -0.2) is 14.9 Å². The van der Waals surface area contributed by atoms with Crippen molar-refractivity contribution in [3.05, 3.63) is 45.3 Å². The molecule has 0 saturated carbocycles. The van der Waals surface area contributed by atoms with Crippen LogP contribution in [0.1, 0.15) is 5.56 Å². The van der Waals surface area contributed by atoms with E-state index in [1.807, 2.05) is 11.4 Å². The third-order valence-corrected chi connectivity index (χ3v) is 3.69. The average Bonchev–Trinajstić information content (AvgIpc) is 2.88. The normalized spacial score (nSPS) is 10.7. The third-order valence-electron chi connectivity index (χ3n) is 2.88. The van der Waals surface area contributed by atoms with Crippen LogP contribution in [0.4, 0.5) is 11.6 Å². The maximum absolute atomic E-state index is 10.7. The van der Waals surface area contributed by atoms with Gasteiger partial charge in [0, 0.05) is 12.1 Å². The number of non-ortho nitro benzene ring substituents is 1. The first-order valence-electron chi connectivity index (χ1n) is 5.98. The topological polar surface area (TPSA) is 104 Å². The van der Waals surface area contributed by atoms with Crippen LogP contribution < -0.4 is 10.5 Å². The van der Waals surface area contributed by atoms with Gasteiger partial charge in [-0.2, -0.15) is 4.98 Å². The molecule has 106 valence electrons. The summed E-state index contributed by atoms with van der Waals surface area (Å²) in [6, 6.07) is 6.22. The largest absolute Gasteiger partial charge is 0.438 e. The molecule has 0 fully saturated rings. The van der Waals surface area contributed by atoms with Crippen LogP contribution in [-0.2, 0) is 0 Å². The molecule has 0 radical (unpaired) electrons. The minimum absolute atomic E-state index is 0.0164. The van der Waals surface area contributed by atoms with Crippen LogP contribution >= 0.6 is 11.3 Å². The number of nitrogens with two attached hydrogens (primary N) is 1. The molecule has 0 aliphatic rings. The summed E-state index contributed by atoms with van der Waals surface area (Å²) in [6.45, 7) is 1.73. The summed E-state index contributed by atoms with van der Waals surface area (Å²) < 4.78 is 5.75. The van der Waals surface area contributed by atoms with E-state index >= 15 is 0 Å². The highest BCUT2D eigenvalue weighted by Crippen LogP contribution is 2.33. The van der Waals surface area contributed by atoms with Crippen molar-refractivity contribution in [1.82, 2.24) is 9.97 Å².